The molecular weight excluding hydrogens is 316 g/mol. The van der Waals surface area contributed by atoms with Gasteiger partial charge in [0, 0.05) is 4.47 Å². The molecule has 0 spiro atoms. The Bertz CT molecular complexity index is 521. The molecule has 4 nitrogen and oxygen atoms in total. The van der Waals surface area contributed by atoms with Crippen molar-refractivity contribution in [3.05, 3.63) is 26.9 Å². The molecule has 0 atom stereocenters. The van der Waals surface area contributed by atoms with E-state index in [0.29, 0.717) is 20.0 Å². The molecule has 0 fully saturated rings. The molecule has 72 valence electrons. The number of rotatable bonds is 1. The van der Waals surface area contributed by atoms with Gasteiger partial charge >= 0.3 is 5.97 Å². The summed E-state index contributed by atoms with van der Waals surface area (Å²) in [5, 5.41) is 8.90. The molecule has 0 saturated carbocycles. The SMILES string of the molecule is O=C(O)c1cc(Br)c2nc[nH]c2c1Br. The molecule has 2 rings (SSSR count). The van der Waals surface area contributed by atoms with E-state index in [2.05, 4.69) is 41.8 Å². The number of imidazole rings is 1. The molecule has 0 saturated heterocycles. The van der Waals surface area contributed by atoms with Gasteiger partial charge in [-0.05, 0) is 37.9 Å². The van der Waals surface area contributed by atoms with Gasteiger partial charge in [0.15, 0.2) is 0 Å². The highest BCUT2D eigenvalue weighted by Gasteiger charge is 2.15. The zero-order valence-electron chi connectivity index (χ0n) is 6.71. The molecule has 1 heterocycles. The third-order valence-electron chi connectivity index (χ3n) is 1.82. The summed E-state index contributed by atoms with van der Waals surface area (Å²) in [7, 11) is 0. The minimum absolute atomic E-state index is 0.202. The van der Waals surface area contributed by atoms with Gasteiger partial charge in [0.05, 0.1) is 21.9 Å². The first-order chi connectivity index (χ1) is 6.61. The highest BCUT2D eigenvalue weighted by atomic mass is 79.9. The number of aromatic carboxylic acids is 1. The Kier molecular flexibility index (Phi) is 2.32. The fraction of sp³-hybridized carbons (Fsp3) is 0. The first-order valence-corrected chi connectivity index (χ1v) is 5.24. The summed E-state index contributed by atoms with van der Waals surface area (Å²) < 4.78 is 1.18. The Morgan fingerprint density at radius 1 is 1.50 bits per heavy atom. The van der Waals surface area contributed by atoms with Crippen LogP contribution in [0.4, 0.5) is 0 Å². The Morgan fingerprint density at radius 3 is 2.86 bits per heavy atom. The maximum absolute atomic E-state index is 10.9. The first kappa shape index (κ1) is 9.67. The number of H-pyrrole nitrogens is 1. The van der Waals surface area contributed by atoms with Gasteiger partial charge in [0.1, 0.15) is 5.52 Å². The van der Waals surface area contributed by atoms with Gasteiger partial charge in [-0.2, -0.15) is 0 Å². The van der Waals surface area contributed by atoms with Crippen LogP contribution in [0, 0.1) is 0 Å². The van der Waals surface area contributed by atoms with Crippen LogP contribution in [0.5, 0.6) is 0 Å². The Labute approximate surface area is 95.6 Å². The van der Waals surface area contributed by atoms with Crippen LogP contribution in [-0.4, -0.2) is 21.0 Å². The van der Waals surface area contributed by atoms with Gasteiger partial charge in [-0.25, -0.2) is 9.78 Å². The topological polar surface area (TPSA) is 66.0 Å². The number of benzene rings is 1. The van der Waals surface area contributed by atoms with E-state index in [4.69, 9.17) is 5.11 Å². The molecule has 0 radical (unpaired) electrons. The number of aromatic nitrogens is 2. The molecule has 0 bridgehead atoms. The number of fused-ring (bicyclic) bond motifs is 1. The average Bonchev–Trinajstić information content (AvgIpc) is 2.59. The zero-order chi connectivity index (χ0) is 10.3. The molecular formula is C8H4Br2N2O2. The Balaban J connectivity index is 2.88. The highest BCUT2D eigenvalue weighted by Crippen LogP contribution is 2.31. The van der Waals surface area contributed by atoms with Crippen molar-refractivity contribution < 1.29 is 9.90 Å². The van der Waals surface area contributed by atoms with Crippen LogP contribution in [0.25, 0.3) is 11.0 Å². The second-order valence-electron chi connectivity index (χ2n) is 2.65. The molecule has 6 heteroatoms. The van der Waals surface area contributed by atoms with Crippen molar-refractivity contribution in [3.63, 3.8) is 0 Å². The van der Waals surface area contributed by atoms with Crippen LogP contribution in [0.1, 0.15) is 10.4 Å². The van der Waals surface area contributed by atoms with Crippen LogP contribution >= 0.6 is 31.9 Å². The lowest BCUT2D eigenvalue weighted by atomic mass is 10.2. The number of hydrogen-bond donors (Lipinski definition) is 2. The predicted molar refractivity (Wildman–Crippen MR) is 58.5 cm³/mol. The highest BCUT2D eigenvalue weighted by molar-refractivity contribution is 9.11. The maximum atomic E-state index is 10.9. The molecule has 0 aliphatic carbocycles. The number of carboxylic acid groups (broad SMARTS) is 1. The van der Waals surface area contributed by atoms with E-state index in [0.717, 1.165) is 0 Å². The second-order valence-corrected chi connectivity index (χ2v) is 4.30. The maximum Gasteiger partial charge on any atom is 0.336 e. The van der Waals surface area contributed by atoms with Gasteiger partial charge in [-0.1, -0.05) is 0 Å². The summed E-state index contributed by atoms with van der Waals surface area (Å²) in [6, 6.07) is 1.52. The van der Waals surface area contributed by atoms with Crippen molar-refractivity contribution in [2.75, 3.05) is 0 Å². The van der Waals surface area contributed by atoms with Crippen LogP contribution in [-0.2, 0) is 0 Å². The van der Waals surface area contributed by atoms with Crippen LogP contribution in [0.3, 0.4) is 0 Å². The molecule has 0 unspecified atom stereocenters. The predicted octanol–water partition coefficient (Wildman–Crippen LogP) is 2.79. The van der Waals surface area contributed by atoms with E-state index >= 15 is 0 Å². The number of carbonyl (C=O) groups is 1. The lowest BCUT2D eigenvalue weighted by Gasteiger charge is -2.01. The quantitative estimate of drug-likeness (QED) is 0.849. The number of nitrogens with one attached hydrogen (secondary N) is 1. The van der Waals surface area contributed by atoms with E-state index in [9.17, 15) is 4.79 Å². The fourth-order valence-electron chi connectivity index (χ4n) is 1.19. The zero-order valence-corrected chi connectivity index (χ0v) is 9.89. The van der Waals surface area contributed by atoms with E-state index in [1.807, 2.05) is 0 Å². The Morgan fingerprint density at radius 2 is 2.21 bits per heavy atom. The van der Waals surface area contributed by atoms with Crippen molar-refractivity contribution >= 4 is 48.9 Å². The molecule has 0 aliphatic rings. The molecule has 1 aromatic carbocycles. The molecule has 0 amide bonds. The second kappa shape index (κ2) is 3.36. The summed E-state index contributed by atoms with van der Waals surface area (Å²) in [4.78, 5) is 17.8. The molecule has 2 aromatic rings. The van der Waals surface area contributed by atoms with Crippen LogP contribution < -0.4 is 0 Å². The monoisotopic (exact) mass is 318 g/mol. The number of carboxylic acids is 1. The van der Waals surface area contributed by atoms with Gasteiger partial charge < -0.3 is 10.1 Å². The summed E-state index contributed by atoms with van der Waals surface area (Å²) in [6.07, 6.45) is 1.52. The fourth-order valence-corrected chi connectivity index (χ4v) is 2.31. The average molecular weight is 320 g/mol. The lowest BCUT2D eigenvalue weighted by Crippen LogP contribution is -1.98. The van der Waals surface area contributed by atoms with Gasteiger partial charge in [-0.3, -0.25) is 0 Å². The van der Waals surface area contributed by atoms with E-state index in [1.54, 1.807) is 0 Å². The number of aromatic amines is 1. The molecule has 1 aromatic heterocycles. The van der Waals surface area contributed by atoms with Gasteiger partial charge in [0.25, 0.3) is 0 Å². The van der Waals surface area contributed by atoms with Crippen molar-refractivity contribution in [2.45, 2.75) is 0 Å². The number of hydrogen-bond acceptors (Lipinski definition) is 2. The number of nitrogens with zero attached hydrogens (tertiary/aromatic N) is 1. The van der Waals surface area contributed by atoms with Crippen molar-refractivity contribution in [2.24, 2.45) is 0 Å². The largest absolute Gasteiger partial charge is 0.478 e. The minimum Gasteiger partial charge on any atom is -0.478 e. The van der Waals surface area contributed by atoms with Crippen molar-refractivity contribution in [1.82, 2.24) is 9.97 Å². The standard InChI is InChI=1S/C8H4Br2N2O2/c9-4-1-3(8(13)14)5(10)7-6(4)11-2-12-7/h1-2H,(H,11,12)(H,13,14). The van der Waals surface area contributed by atoms with Crippen molar-refractivity contribution in [3.8, 4) is 0 Å². The van der Waals surface area contributed by atoms with Crippen molar-refractivity contribution in [1.29, 1.82) is 0 Å². The molecule has 0 aliphatic heterocycles. The van der Waals surface area contributed by atoms with Gasteiger partial charge in [-0.15, -0.1) is 0 Å². The summed E-state index contributed by atoms with van der Waals surface area (Å²) >= 11 is 6.49. The van der Waals surface area contributed by atoms with E-state index in [1.165, 1.54) is 12.4 Å². The van der Waals surface area contributed by atoms with Gasteiger partial charge in [0.2, 0.25) is 0 Å². The Hall–Kier alpha value is -0.880. The third-order valence-corrected chi connectivity index (χ3v) is 3.25. The first-order valence-electron chi connectivity index (χ1n) is 3.65. The number of halogens is 2. The smallest absolute Gasteiger partial charge is 0.336 e. The molecule has 2 N–H and O–H groups in total. The van der Waals surface area contributed by atoms with E-state index in [-0.39, 0.29) is 5.56 Å². The summed E-state index contributed by atoms with van der Waals surface area (Å²) in [5.41, 5.74) is 1.59. The van der Waals surface area contributed by atoms with Crippen LogP contribution in [0.2, 0.25) is 0 Å². The normalized spacial score (nSPS) is 10.7. The lowest BCUT2D eigenvalue weighted by molar-refractivity contribution is 0.0696. The summed E-state index contributed by atoms with van der Waals surface area (Å²) in [5.74, 6) is -0.978. The minimum atomic E-state index is -0.978. The van der Waals surface area contributed by atoms with Crippen LogP contribution in [0.15, 0.2) is 21.3 Å². The third kappa shape index (κ3) is 1.34. The van der Waals surface area contributed by atoms with E-state index < -0.39 is 5.97 Å². The molecule has 14 heavy (non-hydrogen) atoms. The summed E-state index contributed by atoms with van der Waals surface area (Å²) in [6.45, 7) is 0.